The number of rotatable bonds is 4. The highest BCUT2D eigenvalue weighted by atomic mass is 16.5. The Bertz CT molecular complexity index is 602. The average Bonchev–Trinajstić information content (AvgIpc) is 2.68. The van der Waals surface area contributed by atoms with Gasteiger partial charge in [0.15, 0.2) is 0 Å². The van der Waals surface area contributed by atoms with Crippen LogP contribution in [0.2, 0.25) is 0 Å². The van der Waals surface area contributed by atoms with E-state index in [2.05, 4.69) is 10.3 Å². The molecule has 2 heterocycles. The van der Waals surface area contributed by atoms with Crippen molar-refractivity contribution >= 4 is 29.3 Å². The van der Waals surface area contributed by atoms with E-state index < -0.39 is 12.0 Å². The van der Waals surface area contributed by atoms with Crippen LogP contribution in [0, 0.1) is 0 Å². The Balaban J connectivity index is 2.26. The van der Waals surface area contributed by atoms with Crippen LogP contribution >= 0.6 is 0 Å². The number of esters is 1. The van der Waals surface area contributed by atoms with E-state index in [1.54, 1.807) is 6.92 Å². The van der Waals surface area contributed by atoms with Crippen molar-refractivity contribution in [3.63, 3.8) is 0 Å². The first-order valence-corrected chi connectivity index (χ1v) is 6.43. The smallest absolute Gasteiger partial charge is 0.341 e. The van der Waals surface area contributed by atoms with Gasteiger partial charge >= 0.3 is 5.97 Å². The molecule has 1 saturated heterocycles. The number of pyridine rings is 1. The van der Waals surface area contributed by atoms with Gasteiger partial charge in [0, 0.05) is 7.05 Å². The van der Waals surface area contributed by atoms with E-state index in [4.69, 9.17) is 10.5 Å². The molecule has 1 atom stereocenters. The zero-order valence-electron chi connectivity index (χ0n) is 11.8. The average molecular weight is 292 g/mol. The summed E-state index contributed by atoms with van der Waals surface area (Å²) in [4.78, 5) is 40.3. The lowest BCUT2D eigenvalue weighted by Crippen LogP contribution is -2.32. The van der Waals surface area contributed by atoms with Gasteiger partial charge in [0.25, 0.3) is 5.91 Å². The molecule has 0 saturated carbocycles. The van der Waals surface area contributed by atoms with E-state index in [0.717, 1.165) is 4.90 Å². The molecule has 0 radical (unpaired) electrons. The highest BCUT2D eigenvalue weighted by molar-refractivity contribution is 6.07. The molecule has 8 heteroatoms. The van der Waals surface area contributed by atoms with Crippen molar-refractivity contribution in [3.05, 3.63) is 17.8 Å². The summed E-state index contributed by atoms with van der Waals surface area (Å²) in [5.74, 6) is -1.08. The third kappa shape index (κ3) is 2.93. The number of carbonyl (C=O) groups excluding carboxylic acids is 3. The highest BCUT2D eigenvalue weighted by Gasteiger charge is 2.36. The van der Waals surface area contributed by atoms with Crippen molar-refractivity contribution in [2.24, 2.45) is 0 Å². The van der Waals surface area contributed by atoms with Gasteiger partial charge in [-0.25, -0.2) is 9.78 Å². The molecule has 1 aromatic heterocycles. The number of nitrogens with zero attached hydrogens (tertiary/aromatic N) is 2. The van der Waals surface area contributed by atoms with Gasteiger partial charge in [0.05, 0.1) is 24.9 Å². The number of hydrogen-bond acceptors (Lipinski definition) is 7. The minimum atomic E-state index is -0.744. The van der Waals surface area contributed by atoms with Crippen LogP contribution in [0.5, 0.6) is 0 Å². The lowest BCUT2D eigenvalue weighted by atomic mass is 10.2. The van der Waals surface area contributed by atoms with Gasteiger partial charge in [-0.1, -0.05) is 0 Å². The maximum Gasteiger partial charge on any atom is 0.341 e. The van der Waals surface area contributed by atoms with Gasteiger partial charge in [0.2, 0.25) is 5.91 Å². The van der Waals surface area contributed by atoms with Crippen molar-refractivity contribution < 1.29 is 19.1 Å². The minimum Gasteiger partial charge on any atom is -0.462 e. The molecule has 0 aliphatic carbocycles. The van der Waals surface area contributed by atoms with Crippen molar-refractivity contribution in [3.8, 4) is 0 Å². The van der Waals surface area contributed by atoms with Crippen molar-refractivity contribution in [2.75, 3.05) is 24.7 Å². The van der Waals surface area contributed by atoms with E-state index in [-0.39, 0.29) is 36.2 Å². The molecule has 1 aliphatic rings. The Morgan fingerprint density at radius 2 is 2.29 bits per heavy atom. The monoisotopic (exact) mass is 292 g/mol. The van der Waals surface area contributed by atoms with Gasteiger partial charge < -0.3 is 15.8 Å². The first-order chi connectivity index (χ1) is 9.93. The Hall–Kier alpha value is -2.64. The summed E-state index contributed by atoms with van der Waals surface area (Å²) in [5, 5.41) is 2.81. The van der Waals surface area contributed by atoms with Crippen molar-refractivity contribution in [1.29, 1.82) is 0 Å². The zero-order valence-corrected chi connectivity index (χ0v) is 11.8. The molecule has 0 aromatic carbocycles. The van der Waals surface area contributed by atoms with Gasteiger partial charge in [-0.05, 0) is 13.0 Å². The molecule has 1 unspecified atom stereocenters. The van der Waals surface area contributed by atoms with Crippen LogP contribution in [0.3, 0.4) is 0 Å². The molecular weight excluding hydrogens is 276 g/mol. The van der Waals surface area contributed by atoms with Crippen molar-refractivity contribution in [1.82, 2.24) is 9.88 Å². The lowest BCUT2D eigenvalue weighted by molar-refractivity contribution is -0.136. The number of likely N-dealkylation sites (tertiary alicyclic amines) is 1. The summed E-state index contributed by atoms with van der Waals surface area (Å²) < 4.78 is 4.92. The number of hydrogen-bond donors (Lipinski definition) is 2. The predicted molar refractivity (Wildman–Crippen MR) is 74.4 cm³/mol. The van der Waals surface area contributed by atoms with Crippen LogP contribution < -0.4 is 11.1 Å². The fraction of sp³-hybridized carbons (Fsp3) is 0.385. The van der Waals surface area contributed by atoms with Gasteiger partial charge in [-0.2, -0.15) is 0 Å². The summed E-state index contributed by atoms with van der Waals surface area (Å²) in [6.45, 7) is 1.88. The standard InChI is InChI=1S/C13H16N4O4/c1-3-21-13(20)8-4-7(14)6-15-11(8)16-9-5-10(18)17(2)12(9)19/h4,6,9H,3,5,14H2,1-2H3,(H,15,16). The number of nitrogens with two attached hydrogens (primary N) is 1. The number of aromatic nitrogens is 1. The summed E-state index contributed by atoms with van der Waals surface area (Å²) in [7, 11) is 1.41. The largest absolute Gasteiger partial charge is 0.462 e. The van der Waals surface area contributed by atoms with Crippen LogP contribution in [-0.2, 0) is 14.3 Å². The Labute approximate surface area is 121 Å². The third-order valence-electron chi connectivity index (χ3n) is 3.10. The second kappa shape index (κ2) is 5.78. The van der Waals surface area contributed by atoms with Gasteiger partial charge in [-0.15, -0.1) is 0 Å². The first kappa shape index (κ1) is 14.8. The Morgan fingerprint density at radius 1 is 1.57 bits per heavy atom. The summed E-state index contributed by atoms with van der Waals surface area (Å²) in [5.41, 5.74) is 6.05. The number of imide groups is 1. The van der Waals surface area contributed by atoms with E-state index in [0.29, 0.717) is 5.69 Å². The number of nitrogens with one attached hydrogen (secondary N) is 1. The summed E-state index contributed by atoms with van der Waals surface area (Å²) >= 11 is 0. The van der Waals surface area contributed by atoms with E-state index in [9.17, 15) is 14.4 Å². The molecule has 21 heavy (non-hydrogen) atoms. The molecule has 0 spiro atoms. The molecule has 2 amide bonds. The maximum atomic E-state index is 11.9. The van der Waals surface area contributed by atoms with Crippen LogP contribution in [0.4, 0.5) is 11.5 Å². The molecule has 3 N–H and O–H groups in total. The molecule has 1 fully saturated rings. The number of carbonyl (C=O) groups is 3. The SMILES string of the molecule is CCOC(=O)c1cc(N)cnc1NC1CC(=O)N(C)C1=O. The van der Waals surface area contributed by atoms with Crippen LogP contribution in [0.25, 0.3) is 0 Å². The van der Waals surface area contributed by atoms with E-state index >= 15 is 0 Å². The first-order valence-electron chi connectivity index (χ1n) is 6.43. The van der Waals surface area contributed by atoms with E-state index in [1.165, 1.54) is 19.3 Å². The Morgan fingerprint density at radius 3 is 2.86 bits per heavy atom. The molecule has 1 aliphatic heterocycles. The van der Waals surface area contributed by atoms with Crippen LogP contribution in [-0.4, -0.2) is 47.4 Å². The molecule has 112 valence electrons. The molecule has 8 nitrogen and oxygen atoms in total. The fourth-order valence-electron chi connectivity index (χ4n) is 1.99. The molecule has 1 aromatic rings. The molecule has 2 rings (SSSR count). The third-order valence-corrected chi connectivity index (χ3v) is 3.10. The van der Waals surface area contributed by atoms with Gasteiger partial charge in [-0.3, -0.25) is 14.5 Å². The number of ether oxygens (including phenoxy) is 1. The van der Waals surface area contributed by atoms with Crippen LogP contribution in [0.15, 0.2) is 12.3 Å². The van der Waals surface area contributed by atoms with Crippen molar-refractivity contribution in [2.45, 2.75) is 19.4 Å². The highest BCUT2D eigenvalue weighted by Crippen LogP contribution is 2.21. The number of likely N-dealkylation sites (N-methyl/N-ethyl adjacent to an activating group) is 1. The second-order valence-corrected chi connectivity index (χ2v) is 4.58. The minimum absolute atomic E-state index is 0.0175. The number of nitrogen functional groups attached to an aromatic ring is 1. The normalized spacial score (nSPS) is 18.0. The van der Waals surface area contributed by atoms with Gasteiger partial charge in [0.1, 0.15) is 17.4 Å². The topological polar surface area (TPSA) is 115 Å². The quantitative estimate of drug-likeness (QED) is 0.593. The summed E-state index contributed by atoms with van der Waals surface area (Å²) in [6, 6.07) is 0.671. The number of anilines is 2. The fourth-order valence-corrected chi connectivity index (χ4v) is 1.99. The number of amides is 2. The maximum absolute atomic E-state index is 11.9. The molecule has 0 bridgehead atoms. The second-order valence-electron chi connectivity index (χ2n) is 4.58. The summed E-state index contributed by atoms with van der Waals surface area (Å²) in [6.07, 6.45) is 1.37. The van der Waals surface area contributed by atoms with Crippen LogP contribution in [0.1, 0.15) is 23.7 Å². The van der Waals surface area contributed by atoms with E-state index in [1.807, 2.05) is 0 Å². The predicted octanol–water partition coefficient (Wildman–Crippen LogP) is 0.00970. The Kier molecular flexibility index (Phi) is 4.06. The molecular formula is C13H16N4O4. The zero-order chi connectivity index (χ0) is 15.6. The lowest BCUT2D eigenvalue weighted by Gasteiger charge is -2.14.